The Bertz CT molecular complexity index is 1370. The number of carbonyl (C=O) groups is 1. The van der Waals surface area contributed by atoms with Crippen LogP contribution in [-0.4, -0.2) is 64.9 Å². The molecule has 0 radical (unpaired) electrons. The van der Waals surface area contributed by atoms with Gasteiger partial charge in [0.1, 0.15) is 11.0 Å². The molecule has 1 aromatic heterocycles. The number of hydrogen-bond acceptors (Lipinski definition) is 6. The average molecular weight is 586 g/mol. The topological polar surface area (TPSA) is 52.6 Å². The Kier molecular flexibility index (Phi) is 9.93. The second-order valence-electron chi connectivity index (χ2n) is 10.0. The van der Waals surface area contributed by atoms with E-state index in [1.54, 1.807) is 11.8 Å². The lowest BCUT2D eigenvalue weighted by molar-refractivity contribution is 0.0597. The molecule has 0 unspecified atom stereocenters. The van der Waals surface area contributed by atoms with Crippen LogP contribution < -0.4 is 4.90 Å². The molecule has 0 atom stereocenters. The van der Waals surface area contributed by atoms with Crippen molar-refractivity contribution in [3.05, 3.63) is 118 Å². The van der Waals surface area contributed by atoms with Crippen molar-refractivity contribution in [1.29, 1.82) is 0 Å². The van der Waals surface area contributed by atoms with Gasteiger partial charge >= 0.3 is 0 Å². The molecule has 6 nitrogen and oxygen atoms in total. The number of nitrogens with zero attached hydrogens (tertiary/aromatic N) is 5. The van der Waals surface area contributed by atoms with Gasteiger partial charge in [-0.1, -0.05) is 96.2 Å². The monoisotopic (exact) mass is 585 g/mol. The summed E-state index contributed by atoms with van der Waals surface area (Å²) in [5.74, 6) is 1.63. The van der Waals surface area contributed by atoms with Gasteiger partial charge in [0.25, 0.3) is 5.91 Å². The second-order valence-corrected chi connectivity index (χ2v) is 11.4. The summed E-state index contributed by atoms with van der Waals surface area (Å²) < 4.78 is 0. The van der Waals surface area contributed by atoms with Gasteiger partial charge in [-0.05, 0) is 42.7 Å². The van der Waals surface area contributed by atoms with Crippen LogP contribution in [0, 0.1) is 0 Å². The van der Waals surface area contributed by atoms with Gasteiger partial charge in [0.15, 0.2) is 5.16 Å². The van der Waals surface area contributed by atoms with Crippen LogP contribution in [0.25, 0.3) is 0 Å². The number of aromatic nitrogens is 2. The number of hydrogen-bond donors (Lipinski definition) is 0. The van der Waals surface area contributed by atoms with Crippen LogP contribution in [0.3, 0.4) is 0 Å². The maximum absolute atomic E-state index is 13.4. The van der Waals surface area contributed by atoms with Crippen molar-refractivity contribution in [2.24, 2.45) is 0 Å². The van der Waals surface area contributed by atoms with Crippen molar-refractivity contribution < 1.29 is 4.79 Å². The minimum Gasteiger partial charge on any atom is -0.357 e. The zero-order valence-electron chi connectivity index (χ0n) is 23.6. The summed E-state index contributed by atoms with van der Waals surface area (Å²) in [6.07, 6.45) is 0. The molecule has 212 valence electrons. The molecule has 1 fully saturated rings. The molecule has 1 aliphatic rings. The molecule has 1 amide bonds. The van der Waals surface area contributed by atoms with Crippen molar-refractivity contribution in [3.8, 4) is 0 Å². The lowest BCUT2D eigenvalue weighted by Crippen LogP contribution is -2.49. The molecular formula is C33H36ClN5OS. The number of piperazine rings is 1. The predicted octanol–water partition coefficient (Wildman–Crippen LogP) is 6.82. The molecule has 0 spiro atoms. The maximum atomic E-state index is 13.4. The van der Waals surface area contributed by atoms with Crippen LogP contribution in [0.2, 0.25) is 5.15 Å². The second kappa shape index (κ2) is 14.0. The highest BCUT2D eigenvalue weighted by atomic mass is 35.5. The van der Waals surface area contributed by atoms with E-state index in [-0.39, 0.29) is 11.9 Å². The van der Waals surface area contributed by atoms with Gasteiger partial charge in [0.2, 0.25) is 0 Å². The highest BCUT2D eigenvalue weighted by molar-refractivity contribution is 7.98. The summed E-state index contributed by atoms with van der Waals surface area (Å²) in [5, 5.41) is 1.10. The minimum atomic E-state index is 0.0851. The number of rotatable bonds is 10. The van der Waals surface area contributed by atoms with Crippen molar-refractivity contribution in [2.45, 2.75) is 30.8 Å². The average Bonchev–Trinajstić information content (AvgIpc) is 3.02. The first-order valence-corrected chi connectivity index (χ1v) is 15.6. The van der Waals surface area contributed by atoms with Crippen LogP contribution in [0.4, 0.5) is 5.82 Å². The first-order chi connectivity index (χ1) is 20.1. The van der Waals surface area contributed by atoms with Crippen molar-refractivity contribution in [1.82, 2.24) is 19.8 Å². The fourth-order valence-corrected chi connectivity index (χ4v) is 6.34. The third-order valence-electron chi connectivity index (χ3n) is 7.51. The standard InChI is InChI=1S/C33H36ClN5OS/c1-3-37(4-2)30-23-29(34)35-33(36-30)41-24-25-15-17-28(18-16-25)32(40)39-21-19-38(20-22-39)31(26-11-7-5-8-12-26)27-13-9-6-10-14-27/h5-18,23,31H,3-4,19-22,24H2,1-2H3. The Balaban J connectivity index is 1.19. The first-order valence-electron chi connectivity index (χ1n) is 14.2. The van der Waals surface area contributed by atoms with Gasteiger partial charge in [0.05, 0.1) is 6.04 Å². The molecule has 0 aliphatic carbocycles. The number of benzene rings is 3. The van der Waals surface area contributed by atoms with Gasteiger partial charge in [-0.15, -0.1) is 0 Å². The molecule has 0 saturated carbocycles. The number of carbonyl (C=O) groups excluding carboxylic acids is 1. The molecule has 0 N–H and O–H groups in total. The van der Waals surface area contributed by atoms with Gasteiger partial charge in [-0.25, -0.2) is 9.97 Å². The van der Waals surface area contributed by atoms with Crippen molar-refractivity contribution in [2.75, 3.05) is 44.2 Å². The lowest BCUT2D eigenvalue weighted by Gasteiger charge is -2.39. The van der Waals surface area contributed by atoms with E-state index < -0.39 is 0 Å². The quantitative estimate of drug-likeness (QED) is 0.116. The molecule has 5 rings (SSSR count). The Labute approximate surface area is 252 Å². The van der Waals surface area contributed by atoms with Gasteiger partial charge in [-0.2, -0.15) is 0 Å². The van der Waals surface area contributed by atoms with Crippen LogP contribution in [0.15, 0.2) is 96.2 Å². The Morgan fingerprint density at radius 3 is 2.00 bits per heavy atom. The summed E-state index contributed by atoms with van der Waals surface area (Å²) >= 11 is 7.82. The van der Waals surface area contributed by atoms with Crippen LogP contribution in [0.5, 0.6) is 0 Å². The van der Waals surface area contributed by atoms with Crippen molar-refractivity contribution in [3.63, 3.8) is 0 Å². The molecule has 8 heteroatoms. The highest BCUT2D eigenvalue weighted by Crippen LogP contribution is 2.30. The van der Waals surface area contributed by atoms with E-state index in [4.69, 9.17) is 11.6 Å². The molecule has 0 bridgehead atoms. The fourth-order valence-electron chi connectivity index (χ4n) is 5.30. The van der Waals surface area contributed by atoms with Gasteiger partial charge in [0, 0.05) is 56.7 Å². The molecule has 4 aromatic rings. The predicted molar refractivity (Wildman–Crippen MR) is 169 cm³/mol. The van der Waals surface area contributed by atoms with E-state index in [9.17, 15) is 4.79 Å². The summed E-state index contributed by atoms with van der Waals surface area (Å²) in [6.45, 7) is 8.97. The zero-order valence-corrected chi connectivity index (χ0v) is 25.2. The van der Waals surface area contributed by atoms with Gasteiger partial charge in [-0.3, -0.25) is 9.69 Å². The Hall–Kier alpha value is -3.39. The van der Waals surface area contributed by atoms with E-state index in [0.29, 0.717) is 29.2 Å². The summed E-state index contributed by atoms with van der Waals surface area (Å²) in [7, 11) is 0. The third-order valence-corrected chi connectivity index (χ3v) is 8.63. The van der Waals surface area contributed by atoms with E-state index in [1.165, 1.54) is 11.1 Å². The minimum absolute atomic E-state index is 0.0851. The van der Waals surface area contributed by atoms with E-state index in [0.717, 1.165) is 43.1 Å². The summed E-state index contributed by atoms with van der Waals surface area (Å²) in [5.41, 5.74) is 4.38. The SMILES string of the molecule is CCN(CC)c1cc(Cl)nc(SCc2ccc(C(=O)N3CCN(C(c4ccccc4)c4ccccc4)CC3)cc2)n1. The largest absolute Gasteiger partial charge is 0.357 e. The third kappa shape index (κ3) is 7.28. The number of halogens is 1. The molecule has 41 heavy (non-hydrogen) atoms. The number of anilines is 1. The zero-order chi connectivity index (χ0) is 28.6. The van der Waals surface area contributed by atoms with Gasteiger partial charge < -0.3 is 9.80 Å². The van der Waals surface area contributed by atoms with Crippen molar-refractivity contribution >= 4 is 35.1 Å². The fraction of sp³-hybridized carbons (Fsp3) is 0.303. The molecule has 3 aromatic carbocycles. The van der Waals surface area contributed by atoms with Crippen LogP contribution in [0.1, 0.15) is 46.9 Å². The number of thioether (sulfide) groups is 1. The molecule has 2 heterocycles. The highest BCUT2D eigenvalue weighted by Gasteiger charge is 2.28. The lowest BCUT2D eigenvalue weighted by atomic mass is 9.96. The smallest absolute Gasteiger partial charge is 0.253 e. The van der Waals surface area contributed by atoms with E-state index in [1.807, 2.05) is 35.2 Å². The Morgan fingerprint density at radius 1 is 0.854 bits per heavy atom. The number of amides is 1. The van der Waals surface area contributed by atoms with E-state index in [2.05, 4.69) is 94.3 Å². The Morgan fingerprint density at radius 2 is 1.44 bits per heavy atom. The van der Waals surface area contributed by atoms with Crippen LogP contribution >= 0.6 is 23.4 Å². The molecular weight excluding hydrogens is 550 g/mol. The molecule has 1 saturated heterocycles. The summed E-state index contributed by atoms with van der Waals surface area (Å²) in [4.78, 5) is 29.1. The summed E-state index contributed by atoms with van der Waals surface area (Å²) in [6, 6.07) is 31.2. The molecule has 1 aliphatic heterocycles. The first kappa shape index (κ1) is 29.1. The van der Waals surface area contributed by atoms with E-state index >= 15 is 0 Å². The van der Waals surface area contributed by atoms with Crippen LogP contribution in [-0.2, 0) is 5.75 Å². The normalized spacial score (nSPS) is 13.9. The maximum Gasteiger partial charge on any atom is 0.253 e.